The third-order valence-electron chi connectivity index (χ3n) is 2.69. The number of nitro groups is 1. The van der Waals surface area contributed by atoms with Crippen molar-refractivity contribution in [1.29, 1.82) is 0 Å². The van der Waals surface area contributed by atoms with E-state index in [1.807, 2.05) is 0 Å². The summed E-state index contributed by atoms with van der Waals surface area (Å²) in [5.41, 5.74) is 0.0472. The van der Waals surface area contributed by atoms with Gasteiger partial charge in [0.15, 0.2) is 0 Å². The van der Waals surface area contributed by atoms with Crippen LogP contribution < -0.4 is 4.90 Å². The molecule has 1 unspecified atom stereocenters. The summed E-state index contributed by atoms with van der Waals surface area (Å²) in [6, 6.07) is 3.22. The molecule has 0 spiro atoms. The molecule has 0 saturated carbocycles. The molecule has 1 fully saturated rings. The van der Waals surface area contributed by atoms with Gasteiger partial charge in [-0.3, -0.25) is 10.1 Å². The summed E-state index contributed by atoms with van der Waals surface area (Å²) in [6.07, 6.45) is 2.48. The average molecular weight is 207 g/mol. The predicted molar refractivity (Wildman–Crippen MR) is 56.9 cm³/mol. The molecule has 1 aromatic heterocycles. The first-order valence-corrected chi connectivity index (χ1v) is 5.02. The third-order valence-corrected chi connectivity index (χ3v) is 2.69. The van der Waals surface area contributed by atoms with Crippen LogP contribution in [0.3, 0.4) is 0 Å². The second kappa shape index (κ2) is 3.84. The van der Waals surface area contributed by atoms with Crippen LogP contribution in [0.15, 0.2) is 18.3 Å². The fourth-order valence-electron chi connectivity index (χ4n) is 1.82. The SMILES string of the molecule is CC1CCN(c2ccc([N+](=O)[O-])cn2)C1. The average Bonchev–Trinajstić information content (AvgIpc) is 2.65. The smallest absolute Gasteiger partial charge is 0.287 e. The fourth-order valence-corrected chi connectivity index (χ4v) is 1.82. The molecule has 1 aliphatic heterocycles. The standard InChI is InChI=1S/C10H13N3O2/c1-8-4-5-12(7-8)10-3-2-9(6-11-10)13(14)15/h2-3,6,8H,4-5,7H2,1H3. The highest BCUT2D eigenvalue weighted by molar-refractivity contribution is 5.43. The molecule has 0 radical (unpaired) electrons. The highest BCUT2D eigenvalue weighted by atomic mass is 16.6. The van der Waals surface area contributed by atoms with Crippen LogP contribution in [0.1, 0.15) is 13.3 Å². The van der Waals surface area contributed by atoms with Gasteiger partial charge in [-0.05, 0) is 18.4 Å². The molecule has 0 N–H and O–H groups in total. The van der Waals surface area contributed by atoms with Gasteiger partial charge >= 0.3 is 0 Å². The van der Waals surface area contributed by atoms with Crippen LogP contribution in [0.4, 0.5) is 11.5 Å². The Morgan fingerprint density at radius 1 is 1.60 bits per heavy atom. The lowest BCUT2D eigenvalue weighted by molar-refractivity contribution is -0.385. The van der Waals surface area contributed by atoms with Crippen LogP contribution in [0.2, 0.25) is 0 Å². The van der Waals surface area contributed by atoms with Gasteiger partial charge in [-0.15, -0.1) is 0 Å². The lowest BCUT2D eigenvalue weighted by Gasteiger charge is -2.15. The van der Waals surface area contributed by atoms with E-state index in [2.05, 4.69) is 16.8 Å². The van der Waals surface area contributed by atoms with E-state index < -0.39 is 4.92 Å². The summed E-state index contributed by atoms with van der Waals surface area (Å²) in [6.45, 7) is 4.18. The summed E-state index contributed by atoms with van der Waals surface area (Å²) in [4.78, 5) is 16.3. The van der Waals surface area contributed by atoms with Gasteiger partial charge in [-0.25, -0.2) is 4.98 Å². The number of hydrogen-bond donors (Lipinski definition) is 0. The van der Waals surface area contributed by atoms with Crippen LogP contribution in [-0.2, 0) is 0 Å². The molecule has 5 heteroatoms. The zero-order valence-electron chi connectivity index (χ0n) is 8.59. The van der Waals surface area contributed by atoms with Crippen molar-refractivity contribution in [2.45, 2.75) is 13.3 Å². The molecule has 1 atom stereocenters. The van der Waals surface area contributed by atoms with Crippen molar-refractivity contribution in [3.63, 3.8) is 0 Å². The third kappa shape index (κ3) is 2.06. The van der Waals surface area contributed by atoms with Crippen LogP contribution in [0, 0.1) is 16.0 Å². The maximum absolute atomic E-state index is 10.4. The Balaban J connectivity index is 2.13. The van der Waals surface area contributed by atoms with Gasteiger partial charge in [0.1, 0.15) is 12.0 Å². The van der Waals surface area contributed by atoms with Crippen LogP contribution in [0.25, 0.3) is 0 Å². The van der Waals surface area contributed by atoms with Gasteiger partial charge in [-0.2, -0.15) is 0 Å². The largest absolute Gasteiger partial charge is 0.356 e. The Morgan fingerprint density at radius 3 is 2.87 bits per heavy atom. The molecule has 0 aromatic carbocycles. The molecule has 15 heavy (non-hydrogen) atoms. The van der Waals surface area contributed by atoms with Crippen molar-refractivity contribution < 1.29 is 4.92 Å². The minimum atomic E-state index is -0.427. The van der Waals surface area contributed by atoms with Gasteiger partial charge in [-0.1, -0.05) is 6.92 Å². The van der Waals surface area contributed by atoms with Gasteiger partial charge in [0.25, 0.3) is 5.69 Å². The molecule has 1 saturated heterocycles. The van der Waals surface area contributed by atoms with Gasteiger partial charge in [0.05, 0.1) is 4.92 Å². The summed E-state index contributed by atoms with van der Waals surface area (Å²) in [7, 11) is 0. The second-order valence-corrected chi connectivity index (χ2v) is 3.97. The van der Waals surface area contributed by atoms with E-state index in [1.165, 1.54) is 18.7 Å². The lowest BCUT2D eigenvalue weighted by atomic mass is 10.2. The molecule has 5 nitrogen and oxygen atoms in total. The van der Waals surface area contributed by atoms with Crippen molar-refractivity contribution in [3.8, 4) is 0 Å². The molecule has 1 aliphatic rings. The van der Waals surface area contributed by atoms with Crippen molar-refractivity contribution in [3.05, 3.63) is 28.4 Å². The Kier molecular flexibility index (Phi) is 2.53. The Bertz CT molecular complexity index is 363. The normalized spacial score (nSPS) is 20.6. The van der Waals surface area contributed by atoms with Crippen molar-refractivity contribution >= 4 is 11.5 Å². The monoisotopic (exact) mass is 207 g/mol. The molecule has 0 amide bonds. The maximum atomic E-state index is 10.4. The highest BCUT2D eigenvalue weighted by Gasteiger charge is 2.20. The number of anilines is 1. The van der Waals surface area contributed by atoms with E-state index in [4.69, 9.17) is 0 Å². The molecule has 1 aromatic rings. The van der Waals surface area contributed by atoms with E-state index in [1.54, 1.807) is 6.07 Å². The van der Waals surface area contributed by atoms with Crippen molar-refractivity contribution in [1.82, 2.24) is 4.98 Å². The Hall–Kier alpha value is -1.65. The molecule has 0 aliphatic carbocycles. The minimum Gasteiger partial charge on any atom is -0.356 e. The summed E-state index contributed by atoms with van der Waals surface area (Å²) >= 11 is 0. The quantitative estimate of drug-likeness (QED) is 0.548. The van der Waals surface area contributed by atoms with Crippen LogP contribution in [-0.4, -0.2) is 23.0 Å². The molecule has 2 rings (SSSR count). The van der Waals surface area contributed by atoms with Gasteiger partial charge < -0.3 is 4.90 Å². The second-order valence-electron chi connectivity index (χ2n) is 3.97. The first-order chi connectivity index (χ1) is 7.16. The fraction of sp³-hybridized carbons (Fsp3) is 0.500. The number of hydrogen-bond acceptors (Lipinski definition) is 4. The Labute approximate surface area is 87.9 Å². The van der Waals surface area contributed by atoms with Gasteiger partial charge in [0.2, 0.25) is 0 Å². The first kappa shape index (κ1) is 9.89. The predicted octanol–water partition coefficient (Wildman–Crippen LogP) is 1.84. The molecule has 80 valence electrons. The highest BCUT2D eigenvalue weighted by Crippen LogP contribution is 2.22. The van der Waals surface area contributed by atoms with E-state index in [9.17, 15) is 10.1 Å². The Morgan fingerprint density at radius 2 is 2.40 bits per heavy atom. The number of pyridine rings is 1. The molecule has 2 heterocycles. The summed E-state index contributed by atoms with van der Waals surface area (Å²) in [5.74, 6) is 1.52. The molecular formula is C10H13N3O2. The topological polar surface area (TPSA) is 59.3 Å². The summed E-state index contributed by atoms with van der Waals surface area (Å²) < 4.78 is 0. The van der Waals surface area contributed by atoms with Gasteiger partial charge in [0, 0.05) is 19.2 Å². The van der Waals surface area contributed by atoms with Crippen molar-refractivity contribution in [2.75, 3.05) is 18.0 Å². The van der Waals surface area contributed by atoms with E-state index in [-0.39, 0.29) is 5.69 Å². The molecule has 0 bridgehead atoms. The zero-order valence-corrected chi connectivity index (χ0v) is 8.59. The number of rotatable bonds is 2. The first-order valence-electron chi connectivity index (χ1n) is 5.02. The van der Waals surface area contributed by atoms with E-state index in [0.717, 1.165) is 18.9 Å². The number of aromatic nitrogens is 1. The van der Waals surface area contributed by atoms with Crippen molar-refractivity contribution in [2.24, 2.45) is 5.92 Å². The van der Waals surface area contributed by atoms with E-state index >= 15 is 0 Å². The lowest BCUT2D eigenvalue weighted by Crippen LogP contribution is -2.20. The van der Waals surface area contributed by atoms with Crippen LogP contribution in [0.5, 0.6) is 0 Å². The van der Waals surface area contributed by atoms with E-state index in [0.29, 0.717) is 5.92 Å². The molecular weight excluding hydrogens is 194 g/mol. The zero-order chi connectivity index (χ0) is 10.8. The summed E-state index contributed by atoms with van der Waals surface area (Å²) in [5, 5.41) is 10.4. The minimum absolute atomic E-state index is 0.0472. The maximum Gasteiger partial charge on any atom is 0.287 e. The number of nitrogens with zero attached hydrogens (tertiary/aromatic N) is 3. The van der Waals surface area contributed by atoms with Crippen LogP contribution >= 0.6 is 0 Å².